The topological polar surface area (TPSA) is 29.3 Å². The van der Waals surface area contributed by atoms with Crippen LogP contribution in [0.5, 0.6) is 0 Å². The second-order valence-corrected chi connectivity index (χ2v) is 5.43. The minimum Gasteiger partial charge on any atom is -0.399 e. The van der Waals surface area contributed by atoms with E-state index in [2.05, 4.69) is 62.2 Å². The zero-order valence-electron chi connectivity index (χ0n) is 12.6. The summed E-state index contributed by atoms with van der Waals surface area (Å²) in [5.74, 6) is 0. The molecule has 0 saturated heterocycles. The van der Waals surface area contributed by atoms with Gasteiger partial charge in [-0.05, 0) is 49.2 Å². The highest BCUT2D eigenvalue weighted by Gasteiger charge is 2.12. The van der Waals surface area contributed by atoms with E-state index in [4.69, 9.17) is 5.73 Å². The summed E-state index contributed by atoms with van der Waals surface area (Å²) in [7, 11) is 2.15. The van der Waals surface area contributed by atoms with Gasteiger partial charge in [0.2, 0.25) is 0 Å². The first-order valence-corrected chi connectivity index (χ1v) is 7.23. The molecule has 0 fully saturated rings. The summed E-state index contributed by atoms with van der Waals surface area (Å²) in [6, 6.07) is 17.4. The fourth-order valence-corrected chi connectivity index (χ4v) is 2.38. The first-order valence-electron chi connectivity index (χ1n) is 7.23. The molecular weight excluding hydrogens is 244 g/mol. The van der Waals surface area contributed by atoms with Gasteiger partial charge in [0.15, 0.2) is 0 Å². The molecular formula is C18H24N2. The molecule has 0 amide bonds. The number of benzene rings is 2. The summed E-state index contributed by atoms with van der Waals surface area (Å²) >= 11 is 0. The maximum Gasteiger partial charge on any atom is 0.0321 e. The molecule has 0 aromatic heterocycles. The number of aryl methyl sites for hydroxylation is 1. The number of anilines is 1. The first kappa shape index (κ1) is 14.6. The lowest BCUT2D eigenvalue weighted by Gasteiger charge is -2.25. The van der Waals surface area contributed by atoms with Crippen LogP contribution in [0.3, 0.4) is 0 Å². The predicted molar refractivity (Wildman–Crippen MR) is 86.6 cm³/mol. The van der Waals surface area contributed by atoms with E-state index in [0.29, 0.717) is 6.04 Å². The zero-order valence-corrected chi connectivity index (χ0v) is 12.6. The van der Waals surface area contributed by atoms with E-state index in [1.165, 1.54) is 16.7 Å². The Kier molecular flexibility index (Phi) is 4.80. The van der Waals surface area contributed by atoms with Crippen LogP contribution in [0.4, 0.5) is 5.69 Å². The smallest absolute Gasteiger partial charge is 0.0321 e. The average Bonchev–Trinajstić information content (AvgIpc) is 2.47. The number of nitrogens with two attached hydrogens (primary N) is 1. The van der Waals surface area contributed by atoms with Gasteiger partial charge in [0.05, 0.1) is 0 Å². The van der Waals surface area contributed by atoms with Gasteiger partial charge in [-0.3, -0.25) is 4.90 Å². The number of hydrogen-bond donors (Lipinski definition) is 1. The molecule has 106 valence electrons. The highest BCUT2D eigenvalue weighted by molar-refractivity contribution is 5.41. The van der Waals surface area contributed by atoms with E-state index < -0.39 is 0 Å². The molecule has 0 aliphatic rings. The summed E-state index contributed by atoms with van der Waals surface area (Å²) in [4.78, 5) is 2.34. The molecule has 2 N–H and O–H groups in total. The van der Waals surface area contributed by atoms with E-state index in [-0.39, 0.29) is 0 Å². The zero-order chi connectivity index (χ0) is 14.5. The van der Waals surface area contributed by atoms with Crippen molar-refractivity contribution in [1.82, 2.24) is 4.90 Å². The van der Waals surface area contributed by atoms with Crippen molar-refractivity contribution in [3.8, 4) is 0 Å². The van der Waals surface area contributed by atoms with Crippen LogP contribution in [0.2, 0.25) is 0 Å². The van der Waals surface area contributed by atoms with Gasteiger partial charge in [-0.15, -0.1) is 0 Å². The van der Waals surface area contributed by atoms with Gasteiger partial charge in [0, 0.05) is 18.3 Å². The normalized spacial score (nSPS) is 12.6. The van der Waals surface area contributed by atoms with Crippen molar-refractivity contribution < 1.29 is 0 Å². The number of hydrogen-bond acceptors (Lipinski definition) is 2. The SMILES string of the molecule is CCc1ccc(CN(C)C(C)c2cccc(N)c2)cc1. The standard InChI is InChI=1S/C18H24N2/c1-4-15-8-10-16(11-9-15)13-20(3)14(2)17-6-5-7-18(19)12-17/h5-12,14H,4,13,19H2,1-3H3. The molecule has 0 heterocycles. The molecule has 0 aliphatic carbocycles. The predicted octanol–water partition coefficient (Wildman–Crippen LogP) is 4.02. The van der Waals surface area contributed by atoms with Gasteiger partial charge in [-0.25, -0.2) is 0 Å². The van der Waals surface area contributed by atoms with E-state index >= 15 is 0 Å². The van der Waals surface area contributed by atoms with Crippen LogP contribution in [-0.2, 0) is 13.0 Å². The maximum absolute atomic E-state index is 5.86. The molecule has 2 aromatic rings. The maximum atomic E-state index is 5.86. The lowest BCUT2D eigenvalue weighted by molar-refractivity contribution is 0.253. The van der Waals surface area contributed by atoms with Crippen molar-refractivity contribution in [2.24, 2.45) is 0 Å². The Morgan fingerprint density at radius 1 is 1.05 bits per heavy atom. The molecule has 2 aromatic carbocycles. The fraction of sp³-hybridized carbons (Fsp3) is 0.333. The van der Waals surface area contributed by atoms with Crippen LogP contribution in [0.1, 0.15) is 36.6 Å². The van der Waals surface area contributed by atoms with E-state index in [1.54, 1.807) is 0 Å². The molecule has 0 aliphatic heterocycles. The first-order chi connectivity index (χ1) is 9.60. The minimum atomic E-state index is 0.351. The Morgan fingerprint density at radius 2 is 1.70 bits per heavy atom. The van der Waals surface area contributed by atoms with Gasteiger partial charge in [0.25, 0.3) is 0 Å². The second-order valence-electron chi connectivity index (χ2n) is 5.43. The molecule has 2 nitrogen and oxygen atoms in total. The third-order valence-corrected chi connectivity index (χ3v) is 3.92. The summed E-state index contributed by atoms with van der Waals surface area (Å²) in [5.41, 5.74) is 10.7. The Hall–Kier alpha value is -1.80. The van der Waals surface area contributed by atoms with Gasteiger partial charge < -0.3 is 5.73 Å². The summed E-state index contributed by atoms with van der Waals surface area (Å²) in [5, 5.41) is 0. The largest absolute Gasteiger partial charge is 0.399 e. The Morgan fingerprint density at radius 3 is 2.30 bits per heavy atom. The van der Waals surface area contributed by atoms with Crippen molar-refractivity contribution >= 4 is 5.69 Å². The monoisotopic (exact) mass is 268 g/mol. The molecule has 0 bridgehead atoms. The molecule has 0 saturated carbocycles. The molecule has 1 atom stereocenters. The highest BCUT2D eigenvalue weighted by atomic mass is 15.1. The van der Waals surface area contributed by atoms with Crippen molar-refractivity contribution in [2.45, 2.75) is 32.9 Å². The molecule has 20 heavy (non-hydrogen) atoms. The summed E-state index contributed by atoms with van der Waals surface area (Å²) < 4.78 is 0. The minimum absolute atomic E-state index is 0.351. The van der Waals surface area contributed by atoms with Crippen LogP contribution in [0.25, 0.3) is 0 Å². The second kappa shape index (κ2) is 6.58. The van der Waals surface area contributed by atoms with Crippen LogP contribution >= 0.6 is 0 Å². The van der Waals surface area contributed by atoms with Crippen LogP contribution in [0, 0.1) is 0 Å². The summed E-state index contributed by atoms with van der Waals surface area (Å²) in [6.45, 7) is 5.35. The molecule has 0 radical (unpaired) electrons. The third-order valence-electron chi connectivity index (χ3n) is 3.92. The van der Waals surface area contributed by atoms with Gasteiger partial charge in [-0.2, -0.15) is 0 Å². The van der Waals surface area contributed by atoms with E-state index in [0.717, 1.165) is 18.7 Å². The van der Waals surface area contributed by atoms with Crippen LogP contribution in [-0.4, -0.2) is 11.9 Å². The van der Waals surface area contributed by atoms with Gasteiger partial charge in [-0.1, -0.05) is 43.3 Å². The van der Waals surface area contributed by atoms with Crippen molar-refractivity contribution in [2.75, 3.05) is 12.8 Å². The quantitative estimate of drug-likeness (QED) is 0.830. The Bertz CT molecular complexity index is 546. The lowest BCUT2D eigenvalue weighted by atomic mass is 10.1. The van der Waals surface area contributed by atoms with Gasteiger partial charge >= 0.3 is 0 Å². The number of nitrogen functional groups attached to an aromatic ring is 1. The number of nitrogens with zero attached hydrogens (tertiary/aromatic N) is 1. The third kappa shape index (κ3) is 3.61. The van der Waals surface area contributed by atoms with Crippen molar-refractivity contribution in [3.05, 3.63) is 65.2 Å². The highest BCUT2D eigenvalue weighted by Crippen LogP contribution is 2.22. The van der Waals surface area contributed by atoms with E-state index in [9.17, 15) is 0 Å². The van der Waals surface area contributed by atoms with Crippen LogP contribution < -0.4 is 5.73 Å². The lowest BCUT2D eigenvalue weighted by Crippen LogP contribution is -2.22. The molecule has 0 spiro atoms. The van der Waals surface area contributed by atoms with Crippen molar-refractivity contribution in [3.63, 3.8) is 0 Å². The Balaban J connectivity index is 2.04. The molecule has 2 heteroatoms. The fourth-order valence-electron chi connectivity index (χ4n) is 2.38. The number of rotatable bonds is 5. The average molecular weight is 268 g/mol. The summed E-state index contributed by atoms with van der Waals surface area (Å²) in [6.07, 6.45) is 1.09. The van der Waals surface area contributed by atoms with Crippen LogP contribution in [0.15, 0.2) is 48.5 Å². The van der Waals surface area contributed by atoms with Gasteiger partial charge in [0.1, 0.15) is 0 Å². The Labute approximate surface area is 122 Å². The van der Waals surface area contributed by atoms with E-state index in [1.807, 2.05) is 12.1 Å². The van der Waals surface area contributed by atoms with Crippen molar-refractivity contribution in [1.29, 1.82) is 0 Å². The molecule has 2 rings (SSSR count). The molecule has 1 unspecified atom stereocenters.